The average molecular weight is 374 g/mol. The quantitative estimate of drug-likeness (QED) is 0.862. The van der Waals surface area contributed by atoms with Crippen molar-refractivity contribution in [2.24, 2.45) is 0 Å². The second kappa shape index (κ2) is 7.99. The number of sulfonamides is 1. The maximum Gasteiger partial charge on any atom is 0.244 e. The van der Waals surface area contributed by atoms with Crippen LogP contribution in [0.1, 0.15) is 19.8 Å². The van der Waals surface area contributed by atoms with E-state index in [0.29, 0.717) is 13.1 Å². The van der Waals surface area contributed by atoms with Crippen molar-refractivity contribution in [2.75, 3.05) is 19.6 Å². The Morgan fingerprint density at radius 3 is 2.67 bits per heavy atom. The van der Waals surface area contributed by atoms with Crippen LogP contribution in [0.25, 0.3) is 0 Å². The van der Waals surface area contributed by atoms with Gasteiger partial charge in [0.1, 0.15) is 4.90 Å². The first kappa shape index (κ1) is 19.0. The van der Waals surface area contributed by atoms with Gasteiger partial charge in [-0.25, -0.2) is 8.42 Å². The van der Waals surface area contributed by atoms with Crippen molar-refractivity contribution in [3.63, 3.8) is 0 Å². The molecular formula is C13H19Cl3N2O2S. The number of rotatable bonds is 5. The predicted molar refractivity (Wildman–Crippen MR) is 89.2 cm³/mol. The largest absolute Gasteiger partial charge is 0.313 e. The van der Waals surface area contributed by atoms with E-state index >= 15 is 0 Å². The van der Waals surface area contributed by atoms with Crippen LogP contribution in [0.15, 0.2) is 23.1 Å². The Labute approximate surface area is 142 Å². The molecular weight excluding hydrogens is 355 g/mol. The van der Waals surface area contributed by atoms with E-state index in [1.807, 2.05) is 6.92 Å². The molecule has 1 aromatic rings. The second-order valence-corrected chi connectivity index (χ2v) is 7.49. The van der Waals surface area contributed by atoms with Crippen LogP contribution in [0.2, 0.25) is 10.0 Å². The van der Waals surface area contributed by atoms with Gasteiger partial charge in [0.25, 0.3) is 0 Å². The smallest absolute Gasteiger partial charge is 0.244 e. The zero-order valence-corrected chi connectivity index (χ0v) is 14.8. The molecule has 1 N–H and O–H groups in total. The van der Waals surface area contributed by atoms with E-state index in [1.165, 1.54) is 10.4 Å². The molecule has 1 fully saturated rings. The van der Waals surface area contributed by atoms with Crippen LogP contribution in [0.3, 0.4) is 0 Å². The number of halogens is 3. The summed E-state index contributed by atoms with van der Waals surface area (Å²) >= 11 is 12.0. The molecule has 0 amide bonds. The average Bonchev–Trinajstić information content (AvgIpc) is 2.91. The van der Waals surface area contributed by atoms with Crippen LogP contribution in [0.5, 0.6) is 0 Å². The van der Waals surface area contributed by atoms with Crippen LogP contribution >= 0.6 is 35.6 Å². The summed E-state index contributed by atoms with van der Waals surface area (Å²) in [5.74, 6) is 0. The van der Waals surface area contributed by atoms with Crippen LogP contribution in [0.4, 0.5) is 0 Å². The minimum absolute atomic E-state index is 0. The minimum atomic E-state index is -3.61. The van der Waals surface area contributed by atoms with E-state index in [-0.39, 0.29) is 33.4 Å². The normalized spacial score (nSPS) is 18.8. The number of nitrogens with one attached hydrogen (secondary N) is 1. The zero-order chi connectivity index (χ0) is 14.8. The van der Waals surface area contributed by atoms with E-state index in [0.717, 1.165) is 19.4 Å². The fourth-order valence-electron chi connectivity index (χ4n) is 2.38. The number of likely N-dealkylation sites (N-methyl/N-ethyl adjacent to an activating group) is 1. The minimum Gasteiger partial charge on any atom is -0.313 e. The molecule has 0 radical (unpaired) electrons. The van der Waals surface area contributed by atoms with Gasteiger partial charge in [-0.05, 0) is 31.5 Å². The molecule has 0 aromatic heterocycles. The van der Waals surface area contributed by atoms with Crippen molar-refractivity contribution in [3.05, 3.63) is 28.2 Å². The van der Waals surface area contributed by atoms with Gasteiger partial charge in [0, 0.05) is 19.1 Å². The zero-order valence-electron chi connectivity index (χ0n) is 11.7. The van der Waals surface area contributed by atoms with Gasteiger partial charge >= 0.3 is 0 Å². The third kappa shape index (κ3) is 4.24. The molecule has 0 spiro atoms. The molecule has 8 heteroatoms. The summed E-state index contributed by atoms with van der Waals surface area (Å²) < 4.78 is 26.8. The number of hydrogen-bond acceptors (Lipinski definition) is 3. The molecule has 1 saturated heterocycles. The van der Waals surface area contributed by atoms with Crippen LogP contribution < -0.4 is 5.32 Å². The van der Waals surface area contributed by atoms with Crippen molar-refractivity contribution >= 4 is 45.6 Å². The highest BCUT2D eigenvalue weighted by molar-refractivity contribution is 7.89. The fraction of sp³-hybridized carbons (Fsp3) is 0.538. The van der Waals surface area contributed by atoms with Gasteiger partial charge in [0.15, 0.2) is 0 Å². The molecule has 1 aromatic carbocycles. The third-order valence-electron chi connectivity index (χ3n) is 3.47. The van der Waals surface area contributed by atoms with E-state index in [4.69, 9.17) is 23.2 Å². The summed E-state index contributed by atoms with van der Waals surface area (Å²) in [5.41, 5.74) is 0. The van der Waals surface area contributed by atoms with Gasteiger partial charge in [0.05, 0.1) is 10.0 Å². The van der Waals surface area contributed by atoms with Crippen molar-refractivity contribution in [3.8, 4) is 0 Å². The Kier molecular flexibility index (Phi) is 7.24. The van der Waals surface area contributed by atoms with Crippen LogP contribution in [-0.4, -0.2) is 38.4 Å². The molecule has 0 bridgehead atoms. The van der Waals surface area contributed by atoms with E-state index in [9.17, 15) is 8.42 Å². The maximum atomic E-state index is 12.7. The van der Waals surface area contributed by atoms with Gasteiger partial charge in [0.2, 0.25) is 10.0 Å². The van der Waals surface area contributed by atoms with Crippen molar-refractivity contribution in [1.29, 1.82) is 0 Å². The van der Waals surface area contributed by atoms with Crippen molar-refractivity contribution in [1.82, 2.24) is 9.62 Å². The standard InChI is InChI=1S/C13H18Cl2N2O2S.ClH/c1-2-17(9-10-5-4-8-16-10)20(18,19)12-7-3-6-11(14)13(12)15;/h3,6-7,10,16H,2,4-5,8-9H2,1H3;1H. The monoisotopic (exact) mass is 372 g/mol. The third-order valence-corrected chi connectivity index (χ3v) is 6.39. The first-order valence-corrected chi connectivity index (χ1v) is 8.84. The number of nitrogens with zero attached hydrogens (tertiary/aromatic N) is 1. The number of hydrogen-bond donors (Lipinski definition) is 1. The lowest BCUT2D eigenvalue weighted by atomic mass is 10.2. The second-order valence-electron chi connectivity index (χ2n) is 4.80. The summed E-state index contributed by atoms with van der Waals surface area (Å²) in [7, 11) is -3.61. The van der Waals surface area contributed by atoms with Crippen molar-refractivity contribution < 1.29 is 8.42 Å². The summed E-state index contributed by atoms with van der Waals surface area (Å²) in [6, 6.07) is 4.89. The molecule has 1 unspecified atom stereocenters. The topological polar surface area (TPSA) is 49.4 Å². The Morgan fingerprint density at radius 2 is 2.10 bits per heavy atom. The predicted octanol–water partition coefficient (Wildman–Crippen LogP) is 3.18. The first-order valence-electron chi connectivity index (χ1n) is 6.64. The Morgan fingerprint density at radius 1 is 1.38 bits per heavy atom. The molecule has 0 aliphatic carbocycles. The molecule has 1 aliphatic heterocycles. The van der Waals surface area contributed by atoms with Gasteiger partial charge in [-0.3, -0.25) is 0 Å². The van der Waals surface area contributed by atoms with E-state index in [1.54, 1.807) is 12.1 Å². The van der Waals surface area contributed by atoms with Gasteiger partial charge in [-0.15, -0.1) is 12.4 Å². The highest BCUT2D eigenvalue weighted by Gasteiger charge is 2.29. The summed E-state index contributed by atoms with van der Waals surface area (Å²) in [5, 5.41) is 3.65. The molecule has 0 saturated carbocycles. The van der Waals surface area contributed by atoms with Crippen LogP contribution in [0, 0.1) is 0 Å². The molecule has 1 aliphatic rings. The summed E-state index contributed by atoms with van der Waals surface area (Å²) in [6.45, 7) is 3.64. The lowest BCUT2D eigenvalue weighted by molar-refractivity contribution is 0.383. The molecule has 1 heterocycles. The number of benzene rings is 1. The molecule has 4 nitrogen and oxygen atoms in total. The highest BCUT2D eigenvalue weighted by Crippen LogP contribution is 2.31. The van der Waals surface area contributed by atoms with Gasteiger partial charge in [-0.2, -0.15) is 4.31 Å². The Balaban J connectivity index is 0.00000220. The van der Waals surface area contributed by atoms with E-state index in [2.05, 4.69) is 5.32 Å². The Hall–Kier alpha value is -0.0400. The Bertz CT molecular complexity index is 575. The molecule has 120 valence electrons. The van der Waals surface area contributed by atoms with E-state index < -0.39 is 10.0 Å². The maximum absolute atomic E-state index is 12.7. The fourth-order valence-corrected chi connectivity index (χ4v) is 4.61. The lowest BCUT2D eigenvalue weighted by Crippen LogP contribution is -2.41. The lowest BCUT2D eigenvalue weighted by Gasteiger charge is -2.24. The SMILES string of the molecule is CCN(CC1CCCN1)S(=O)(=O)c1cccc(Cl)c1Cl.Cl. The van der Waals surface area contributed by atoms with Gasteiger partial charge < -0.3 is 5.32 Å². The van der Waals surface area contributed by atoms with Crippen LogP contribution in [-0.2, 0) is 10.0 Å². The van der Waals surface area contributed by atoms with Crippen molar-refractivity contribution in [2.45, 2.75) is 30.7 Å². The van der Waals surface area contributed by atoms with Gasteiger partial charge in [-0.1, -0.05) is 36.2 Å². The molecule has 1 atom stereocenters. The summed E-state index contributed by atoms with van der Waals surface area (Å²) in [4.78, 5) is 0.0755. The highest BCUT2D eigenvalue weighted by atomic mass is 35.5. The molecule has 21 heavy (non-hydrogen) atoms. The summed E-state index contributed by atoms with van der Waals surface area (Å²) in [6.07, 6.45) is 2.08. The molecule has 2 rings (SSSR count). The first-order chi connectivity index (χ1) is 9.46.